The molecule has 4 unspecified atom stereocenters. The molecule has 1 amide bonds. The number of aryl methyl sites for hydroxylation is 1. The van der Waals surface area contributed by atoms with Crippen LogP contribution in [0.2, 0.25) is 0 Å². The van der Waals surface area contributed by atoms with Crippen molar-refractivity contribution in [2.24, 2.45) is 5.92 Å². The molecule has 0 N–H and O–H groups in total. The number of alkyl halides is 1. The highest BCUT2D eigenvalue weighted by Gasteiger charge is 2.54. The molecule has 5 nitrogen and oxygen atoms in total. The number of Topliss-reactive ketones (excluding diaryl/α,β-unsaturated/α-hetero) is 1. The van der Waals surface area contributed by atoms with Crippen molar-refractivity contribution in [2.75, 3.05) is 4.90 Å². The van der Waals surface area contributed by atoms with Crippen LogP contribution in [0.5, 0.6) is 0 Å². The average molecular weight is 467 g/mol. The van der Waals surface area contributed by atoms with Crippen molar-refractivity contribution in [3.05, 3.63) is 70.7 Å². The van der Waals surface area contributed by atoms with Gasteiger partial charge in [0, 0.05) is 5.56 Å². The molecule has 3 heterocycles. The second-order valence-corrected chi connectivity index (χ2v) is 9.86. The van der Waals surface area contributed by atoms with E-state index in [0.29, 0.717) is 23.5 Å². The summed E-state index contributed by atoms with van der Waals surface area (Å²) in [5, 5.41) is 0.367. The molecule has 1 saturated carbocycles. The Morgan fingerprint density at radius 2 is 1.97 bits per heavy atom. The molecule has 2 aliphatic heterocycles. The van der Waals surface area contributed by atoms with Crippen LogP contribution >= 0.6 is 11.3 Å². The predicted molar refractivity (Wildman–Crippen MR) is 120 cm³/mol. The van der Waals surface area contributed by atoms with Gasteiger partial charge in [0.2, 0.25) is 0 Å². The van der Waals surface area contributed by atoms with Gasteiger partial charge in [0.25, 0.3) is 5.91 Å². The number of hydrogen-bond donors (Lipinski definition) is 0. The van der Waals surface area contributed by atoms with Gasteiger partial charge in [-0.15, -0.1) is 0 Å². The molecule has 1 aromatic heterocycles. The third kappa shape index (κ3) is 3.11. The summed E-state index contributed by atoms with van der Waals surface area (Å²) in [5.74, 6) is -2.10. The molecule has 0 spiro atoms. The van der Waals surface area contributed by atoms with Gasteiger partial charge in [0.1, 0.15) is 24.1 Å². The molecule has 8 heteroatoms. The monoisotopic (exact) mass is 466 g/mol. The number of carbonyl (C=O) groups is 2. The molecule has 6 rings (SSSR count). The highest BCUT2D eigenvalue weighted by molar-refractivity contribution is 7.22. The highest BCUT2D eigenvalue weighted by atomic mass is 32.1. The van der Waals surface area contributed by atoms with Gasteiger partial charge in [-0.1, -0.05) is 35.6 Å². The Labute approximate surface area is 192 Å². The molecule has 3 aromatic rings. The van der Waals surface area contributed by atoms with E-state index >= 15 is 4.39 Å². The fraction of sp³-hybridized carbons (Fsp3) is 0.320. The van der Waals surface area contributed by atoms with Crippen molar-refractivity contribution in [2.45, 2.75) is 44.5 Å². The third-order valence-electron chi connectivity index (χ3n) is 6.72. The fourth-order valence-corrected chi connectivity index (χ4v) is 6.22. The summed E-state index contributed by atoms with van der Waals surface area (Å²) >= 11 is 1.31. The van der Waals surface area contributed by atoms with E-state index in [9.17, 15) is 14.0 Å². The molecule has 4 atom stereocenters. The molecule has 168 valence electrons. The lowest BCUT2D eigenvalue weighted by Gasteiger charge is -2.36. The summed E-state index contributed by atoms with van der Waals surface area (Å²) in [5.41, 5.74) is 2.06. The van der Waals surface area contributed by atoms with E-state index in [0.717, 1.165) is 10.3 Å². The molecule has 0 radical (unpaired) electrons. The molecule has 1 aliphatic carbocycles. The van der Waals surface area contributed by atoms with Gasteiger partial charge in [-0.2, -0.15) is 0 Å². The van der Waals surface area contributed by atoms with Crippen molar-refractivity contribution in [3.8, 4) is 0 Å². The van der Waals surface area contributed by atoms with E-state index in [2.05, 4.69) is 4.98 Å². The first-order valence-electron chi connectivity index (χ1n) is 11.0. The summed E-state index contributed by atoms with van der Waals surface area (Å²) in [7, 11) is 0. The Morgan fingerprint density at radius 3 is 2.79 bits per heavy atom. The van der Waals surface area contributed by atoms with E-state index in [-0.39, 0.29) is 29.1 Å². The first-order chi connectivity index (χ1) is 15.9. The lowest BCUT2D eigenvalue weighted by Crippen LogP contribution is -2.42. The van der Waals surface area contributed by atoms with Crippen LogP contribution in [0.15, 0.2) is 53.8 Å². The number of fused-ring (bicyclic) bond motifs is 2. The minimum Gasteiger partial charge on any atom is -0.483 e. The maximum atomic E-state index is 15.0. The minimum absolute atomic E-state index is 0.0535. The summed E-state index contributed by atoms with van der Waals surface area (Å²) in [6, 6.07) is 10.8. The normalized spacial score (nSPS) is 27.1. The first kappa shape index (κ1) is 20.5. The molecule has 1 fully saturated rings. The van der Waals surface area contributed by atoms with Crippen molar-refractivity contribution < 1.29 is 23.1 Å². The standard InChI is InChI=1S/C25H20F2N2O3S/c1-12-6-8-17-19(10-12)33-25(28-17)29-21(14-4-2-3-5-16(14)27)20-22(30)15-11-13(26)7-9-18(15)32-23(20)24(29)31/h2-6,8,10,13,15,18,21H,7,9,11H2,1H3. The Hall–Kier alpha value is -3.13. The predicted octanol–water partition coefficient (Wildman–Crippen LogP) is 5.19. The minimum atomic E-state index is -1.09. The Kier molecular flexibility index (Phi) is 4.62. The summed E-state index contributed by atoms with van der Waals surface area (Å²) in [6.07, 6.45) is -0.909. The zero-order valence-corrected chi connectivity index (χ0v) is 18.6. The summed E-state index contributed by atoms with van der Waals surface area (Å²) < 4.78 is 36.1. The lowest BCUT2D eigenvalue weighted by atomic mass is 9.77. The van der Waals surface area contributed by atoms with Crippen LogP contribution in [0.1, 0.15) is 36.4 Å². The van der Waals surface area contributed by atoms with Crippen LogP contribution in [-0.2, 0) is 14.3 Å². The van der Waals surface area contributed by atoms with Crippen LogP contribution in [0.25, 0.3) is 10.2 Å². The number of rotatable bonds is 2. The number of carbonyl (C=O) groups excluding carboxylic acids is 2. The molecule has 2 aromatic carbocycles. The van der Waals surface area contributed by atoms with Gasteiger partial charge in [0.05, 0.1) is 21.7 Å². The van der Waals surface area contributed by atoms with Crippen LogP contribution in [0.4, 0.5) is 13.9 Å². The molecule has 3 aliphatic rings. The van der Waals surface area contributed by atoms with E-state index in [1.165, 1.54) is 22.3 Å². The zero-order chi connectivity index (χ0) is 22.9. The maximum absolute atomic E-state index is 15.0. The zero-order valence-electron chi connectivity index (χ0n) is 17.8. The van der Waals surface area contributed by atoms with Gasteiger partial charge in [-0.25, -0.2) is 13.8 Å². The number of ether oxygens (including phenoxy) is 1. The summed E-state index contributed by atoms with van der Waals surface area (Å²) in [4.78, 5) is 33.2. The molecule has 0 bridgehead atoms. The highest BCUT2D eigenvalue weighted by Crippen LogP contribution is 2.50. The number of anilines is 1. The molecular weight excluding hydrogens is 446 g/mol. The Bertz CT molecular complexity index is 1350. The van der Waals surface area contributed by atoms with Gasteiger partial charge in [-0.3, -0.25) is 14.5 Å². The van der Waals surface area contributed by atoms with Crippen molar-refractivity contribution in [3.63, 3.8) is 0 Å². The number of hydrogen-bond acceptors (Lipinski definition) is 5. The third-order valence-corrected chi connectivity index (χ3v) is 7.74. The number of nitrogens with zero attached hydrogens (tertiary/aromatic N) is 2. The number of halogens is 2. The smallest absolute Gasteiger partial charge is 0.296 e. The largest absolute Gasteiger partial charge is 0.483 e. The topological polar surface area (TPSA) is 59.5 Å². The maximum Gasteiger partial charge on any atom is 0.296 e. The molecule has 33 heavy (non-hydrogen) atoms. The number of aromatic nitrogens is 1. The lowest BCUT2D eigenvalue weighted by molar-refractivity contribution is -0.133. The SMILES string of the molecule is Cc1ccc2nc(N3C(=O)C4=C(C(=O)C5CC(F)CCC5O4)C3c3ccccc3F)sc2c1. The number of benzene rings is 2. The van der Waals surface area contributed by atoms with Crippen LogP contribution in [-0.4, -0.2) is 29.0 Å². The number of amides is 1. The fourth-order valence-electron chi connectivity index (χ4n) is 5.13. The second-order valence-electron chi connectivity index (χ2n) is 8.85. The van der Waals surface area contributed by atoms with Crippen LogP contribution in [0.3, 0.4) is 0 Å². The van der Waals surface area contributed by atoms with Crippen molar-refractivity contribution in [1.29, 1.82) is 0 Å². The van der Waals surface area contributed by atoms with E-state index in [1.54, 1.807) is 18.2 Å². The van der Waals surface area contributed by atoms with Gasteiger partial charge in [0.15, 0.2) is 16.7 Å². The van der Waals surface area contributed by atoms with Crippen molar-refractivity contribution >= 4 is 38.4 Å². The summed E-state index contributed by atoms with van der Waals surface area (Å²) in [6.45, 7) is 1.97. The Balaban J connectivity index is 1.52. The number of ketones is 1. The molecular formula is C25H20F2N2O3S. The van der Waals surface area contributed by atoms with Crippen LogP contribution in [0, 0.1) is 18.7 Å². The van der Waals surface area contributed by atoms with E-state index in [1.807, 2.05) is 25.1 Å². The van der Waals surface area contributed by atoms with E-state index < -0.39 is 36.0 Å². The number of thiazole rings is 1. The Morgan fingerprint density at radius 1 is 1.15 bits per heavy atom. The quantitative estimate of drug-likeness (QED) is 0.522. The van der Waals surface area contributed by atoms with Crippen molar-refractivity contribution in [1.82, 2.24) is 4.98 Å². The van der Waals surface area contributed by atoms with Gasteiger partial charge in [-0.05, 0) is 49.9 Å². The first-order valence-corrected chi connectivity index (χ1v) is 11.8. The van der Waals surface area contributed by atoms with Gasteiger partial charge >= 0.3 is 0 Å². The molecule has 0 saturated heterocycles. The second kappa shape index (κ2) is 7.45. The average Bonchev–Trinajstić information content (AvgIpc) is 3.33. The van der Waals surface area contributed by atoms with Gasteiger partial charge < -0.3 is 4.74 Å². The van der Waals surface area contributed by atoms with Crippen LogP contribution < -0.4 is 4.90 Å². The van der Waals surface area contributed by atoms with E-state index in [4.69, 9.17) is 4.74 Å².